The van der Waals surface area contributed by atoms with E-state index in [1.54, 1.807) is 0 Å². The molecule has 8 heteroatoms. The molecule has 0 aromatic heterocycles. The zero-order valence-electron chi connectivity index (χ0n) is 10.3. The van der Waals surface area contributed by atoms with E-state index in [-0.39, 0.29) is 10.8 Å². The Kier molecular flexibility index (Phi) is 4.72. The maximum atomic E-state index is 13.7. The van der Waals surface area contributed by atoms with E-state index in [1.165, 1.54) is 12.8 Å². The highest BCUT2D eigenvalue weighted by Gasteiger charge is 2.21. The summed E-state index contributed by atoms with van der Waals surface area (Å²) in [6.07, 6.45) is 3.25. The van der Waals surface area contributed by atoms with Gasteiger partial charge in [-0.15, -0.1) is 0 Å². The smallest absolute Gasteiger partial charge is 0.319 e. The average molecular weight is 320 g/mol. The molecule has 0 N–H and O–H groups in total. The minimum Gasteiger partial charge on any atom is -0.492 e. The summed E-state index contributed by atoms with van der Waals surface area (Å²) >= 11 is 5.87. The Balaban J connectivity index is 2.14. The van der Waals surface area contributed by atoms with Crippen LogP contribution in [0.4, 0.5) is 4.39 Å². The van der Waals surface area contributed by atoms with Crippen LogP contribution < -0.4 is 4.74 Å². The van der Waals surface area contributed by atoms with Crippen LogP contribution >= 0.6 is 11.6 Å². The van der Waals surface area contributed by atoms with Crippen LogP contribution in [0.5, 0.6) is 5.75 Å². The first-order chi connectivity index (χ1) is 9.47. The summed E-state index contributed by atoms with van der Waals surface area (Å²) in [5.74, 6) is -1.33. The molecule has 5 nitrogen and oxygen atoms in total. The van der Waals surface area contributed by atoms with E-state index in [2.05, 4.69) is 4.36 Å². The Morgan fingerprint density at radius 2 is 2.15 bits per heavy atom. The normalized spacial score (nSPS) is 13.9. The zero-order valence-corrected chi connectivity index (χ0v) is 11.9. The highest BCUT2D eigenvalue weighted by atomic mass is 35.5. The lowest BCUT2D eigenvalue weighted by Crippen LogP contribution is -2.03. The van der Waals surface area contributed by atoms with Crippen molar-refractivity contribution in [3.8, 4) is 5.75 Å². The molecule has 1 aliphatic carbocycles. The van der Waals surface area contributed by atoms with Crippen molar-refractivity contribution in [3.05, 3.63) is 28.5 Å². The second-order valence-electron chi connectivity index (χ2n) is 4.46. The largest absolute Gasteiger partial charge is 0.492 e. The minimum absolute atomic E-state index is 0.0393. The average Bonchev–Trinajstić information content (AvgIpc) is 3.16. The third-order valence-corrected chi connectivity index (χ3v) is 3.50. The first kappa shape index (κ1) is 14.9. The van der Waals surface area contributed by atoms with E-state index in [9.17, 15) is 17.6 Å². The summed E-state index contributed by atoms with van der Waals surface area (Å²) in [6.45, 7) is 0.423. The summed E-state index contributed by atoms with van der Waals surface area (Å²) in [5.41, 5.74) is -0.506. The van der Waals surface area contributed by atoms with Crippen LogP contribution in [0.1, 0.15) is 29.6 Å². The van der Waals surface area contributed by atoms with Crippen molar-refractivity contribution in [3.63, 3.8) is 0 Å². The van der Waals surface area contributed by atoms with Crippen molar-refractivity contribution in [1.29, 1.82) is 0 Å². The summed E-state index contributed by atoms with van der Waals surface area (Å²) in [4.78, 5) is 11.4. The molecule has 1 aromatic carbocycles. The fraction of sp³-hybridized carbons (Fsp3) is 0.417. The lowest BCUT2D eigenvalue weighted by Gasteiger charge is -2.09. The highest BCUT2D eigenvalue weighted by Crippen LogP contribution is 2.33. The van der Waals surface area contributed by atoms with Crippen LogP contribution in [-0.4, -0.2) is 20.9 Å². The van der Waals surface area contributed by atoms with Crippen LogP contribution in [-0.2, 0) is 10.5 Å². The van der Waals surface area contributed by atoms with Crippen molar-refractivity contribution in [2.45, 2.75) is 19.3 Å². The molecule has 1 aliphatic rings. The molecule has 0 spiro atoms. The van der Waals surface area contributed by atoms with Crippen LogP contribution in [0.3, 0.4) is 0 Å². The van der Waals surface area contributed by atoms with Crippen LogP contribution in [0, 0.1) is 11.7 Å². The fourth-order valence-corrected chi connectivity index (χ4v) is 2.11. The molecule has 0 saturated heterocycles. The molecular weight excluding hydrogens is 309 g/mol. The Morgan fingerprint density at radius 3 is 2.75 bits per heavy atom. The Hall–Kier alpha value is -1.47. The van der Waals surface area contributed by atoms with Crippen LogP contribution in [0.2, 0.25) is 5.02 Å². The number of hydrogen-bond donors (Lipinski definition) is 0. The van der Waals surface area contributed by atoms with Gasteiger partial charge in [0.1, 0.15) is 11.6 Å². The van der Waals surface area contributed by atoms with Crippen LogP contribution in [0.15, 0.2) is 16.5 Å². The predicted octanol–water partition coefficient (Wildman–Crippen LogP) is 2.86. The SMILES string of the molecule is O=C(N=S(=O)=O)c1cc(Cl)c(OCCC2CC2)cc1F. The standard InChI is InChI=1S/C12H11ClFNO4S/c13-9-5-8(12(16)15-20(17)18)10(14)6-11(9)19-4-3-7-1-2-7/h5-7H,1-4H2. The quantitative estimate of drug-likeness (QED) is 0.836. The molecule has 1 fully saturated rings. The van der Waals surface area contributed by atoms with Crippen molar-refractivity contribution >= 4 is 28.0 Å². The van der Waals surface area contributed by atoms with E-state index in [1.807, 2.05) is 0 Å². The molecule has 0 atom stereocenters. The molecule has 1 amide bonds. The first-order valence-corrected chi connectivity index (χ1v) is 7.35. The van der Waals surface area contributed by atoms with Gasteiger partial charge >= 0.3 is 10.5 Å². The van der Waals surface area contributed by atoms with Crippen molar-refractivity contribution in [2.24, 2.45) is 10.3 Å². The van der Waals surface area contributed by atoms with Gasteiger partial charge in [0.05, 0.1) is 17.2 Å². The summed E-state index contributed by atoms with van der Waals surface area (Å²) < 4.78 is 42.3. The molecule has 20 heavy (non-hydrogen) atoms. The molecule has 1 saturated carbocycles. The second-order valence-corrected chi connectivity index (χ2v) is 5.48. The number of rotatable bonds is 5. The third kappa shape index (κ3) is 4.01. The number of ether oxygens (including phenoxy) is 1. The Bertz CT molecular complexity index is 662. The van der Waals surface area contributed by atoms with Crippen molar-refractivity contribution in [1.82, 2.24) is 0 Å². The number of benzene rings is 1. The summed E-state index contributed by atoms with van der Waals surface area (Å²) in [7, 11) is -2.94. The van der Waals surface area contributed by atoms with Gasteiger partial charge in [-0.1, -0.05) is 28.8 Å². The van der Waals surface area contributed by atoms with E-state index >= 15 is 0 Å². The molecule has 2 rings (SSSR count). The lowest BCUT2D eigenvalue weighted by atomic mass is 10.2. The fourth-order valence-electron chi connectivity index (χ4n) is 1.66. The van der Waals surface area contributed by atoms with Gasteiger partial charge in [0.25, 0.3) is 5.91 Å². The molecule has 0 bridgehead atoms. The molecule has 0 aliphatic heterocycles. The summed E-state index contributed by atoms with van der Waals surface area (Å²) in [5, 5.41) is 0.0393. The van der Waals surface area contributed by atoms with Gasteiger partial charge in [0, 0.05) is 6.07 Å². The Morgan fingerprint density at radius 1 is 1.45 bits per heavy atom. The molecule has 0 heterocycles. The van der Waals surface area contributed by atoms with Crippen LogP contribution in [0.25, 0.3) is 0 Å². The monoisotopic (exact) mass is 319 g/mol. The maximum absolute atomic E-state index is 13.7. The van der Waals surface area contributed by atoms with Gasteiger partial charge in [0.15, 0.2) is 0 Å². The topological polar surface area (TPSA) is 72.8 Å². The lowest BCUT2D eigenvalue weighted by molar-refractivity contribution is 0.100. The van der Waals surface area contributed by atoms with E-state index < -0.39 is 27.8 Å². The van der Waals surface area contributed by atoms with Gasteiger partial charge in [0.2, 0.25) is 0 Å². The van der Waals surface area contributed by atoms with E-state index in [0.717, 1.165) is 18.6 Å². The first-order valence-electron chi connectivity index (χ1n) is 5.94. The zero-order chi connectivity index (χ0) is 14.7. The molecule has 0 unspecified atom stereocenters. The van der Waals surface area contributed by atoms with E-state index in [4.69, 9.17) is 16.3 Å². The predicted molar refractivity (Wildman–Crippen MR) is 69.9 cm³/mol. The van der Waals surface area contributed by atoms with Crippen molar-refractivity contribution < 1.29 is 22.3 Å². The van der Waals surface area contributed by atoms with E-state index in [0.29, 0.717) is 12.5 Å². The molecular formula is C12H11ClFNO4S. The number of hydrogen-bond acceptors (Lipinski definition) is 4. The molecule has 1 aromatic rings. The number of carbonyl (C=O) groups excluding carboxylic acids is 1. The minimum atomic E-state index is -2.94. The number of halogens is 2. The van der Waals surface area contributed by atoms with Gasteiger partial charge < -0.3 is 4.74 Å². The number of carbonyl (C=O) groups is 1. The number of amides is 1. The van der Waals surface area contributed by atoms with Gasteiger partial charge in [-0.2, -0.15) is 8.42 Å². The van der Waals surface area contributed by atoms with Crippen molar-refractivity contribution in [2.75, 3.05) is 6.61 Å². The summed E-state index contributed by atoms with van der Waals surface area (Å²) in [6, 6.07) is 1.98. The third-order valence-electron chi connectivity index (χ3n) is 2.89. The van der Waals surface area contributed by atoms with Gasteiger partial charge in [-0.3, -0.25) is 4.79 Å². The highest BCUT2D eigenvalue weighted by molar-refractivity contribution is 7.62. The molecule has 0 radical (unpaired) electrons. The van der Waals surface area contributed by atoms with Gasteiger partial charge in [-0.05, 0) is 18.4 Å². The maximum Gasteiger partial charge on any atom is 0.319 e. The van der Waals surface area contributed by atoms with Gasteiger partial charge in [-0.25, -0.2) is 4.39 Å². The number of nitrogens with zero attached hydrogens (tertiary/aromatic N) is 1. The Labute approximate surface area is 121 Å². The molecule has 108 valence electrons. The second kappa shape index (κ2) is 6.32.